The number of amides is 2. The highest BCUT2D eigenvalue weighted by Crippen LogP contribution is 2.08. The standard InChI is InChI=1S/C21H25N5O5/c1-5-11-24-19(29)25(12-6-2)21(31)26(20(24)30)14-18(28)23(4)13-17(27)22-16-9-7-15(3)8-10-16/h5-10H,1-2,11-14H2,3-4H3,(H,22,27). The third kappa shape index (κ3) is 5.56. The maximum atomic E-state index is 12.6. The molecule has 2 amide bonds. The van der Waals surface area contributed by atoms with Gasteiger partial charge in [0.2, 0.25) is 11.8 Å². The maximum absolute atomic E-state index is 12.6. The Bertz CT molecular complexity index is 1120. The van der Waals surface area contributed by atoms with Crippen molar-refractivity contribution in [2.45, 2.75) is 26.6 Å². The average Bonchev–Trinajstić information content (AvgIpc) is 2.73. The first-order chi connectivity index (χ1) is 14.7. The minimum absolute atomic E-state index is 0.127. The number of carbonyl (C=O) groups is 2. The second kappa shape index (κ2) is 10.2. The lowest BCUT2D eigenvalue weighted by atomic mass is 10.2. The molecule has 10 heteroatoms. The number of benzene rings is 1. The largest absolute Gasteiger partial charge is 0.337 e. The number of aryl methyl sites for hydroxylation is 1. The van der Waals surface area contributed by atoms with Gasteiger partial charge >= 0.3 is 17.1 Å². The number of carbonyl (C=O) groups excluding carboxylic acids is 2. The van der Waals surface area contributed by atoms with Gasteiger partial charge in [0.1, 0.15) is 6.54 Å². The van der Waals surface area contributed by atoms with Crippen molar-refractivity contribution in [2.75, 3.05) is 18.9 Å². The minimum Gasteiger partial charge on any atom is -0.335 e. The Morgan fingerprint density at radius 3 is 1.90 bits per heavy atom. The molecule has 10 nitrogen and oxygen atoms in total. The molecule has 0 fully saturated rings. The van der Waals surface area contributed by atoms with E-state index in [0.29, 0.717) is 10.3 Å². The zero-order valence-corrected chi connectivity index (χ0v) is 17.5. The monoisotopic (exact) mass is 427 g/mol. The molecule has 0 aliphatic carbocycles. The normalized spacial score (nSPS) is 10.4. The van der Waals surface area contributed by atoms with E-state index >= 15 is 0 Å². The Labute approximate surface area is 178 Å². The summed E-state index contributed by atoms with van der Waals surface area (Å²) in [7, 11) is 1.38. The average molecular weight is 427 g/mol. The lowest BCUT2D eigenvalue weighted by molar-refractivity contribution is -0.134. The molecule has 1 aromatic carbocycles. The molecule has 1 aromatic heterocycles. The number of nitrogens with one attached hydrogen (secondary N) is 1. The smallest absolute Gasteiger partial charge is 0.335 e. The molecule has 2 aromatic rings. The van der Waals surface area contributed by atoms with Gasteiger partial charge in [-0.15, -0.1) is 13.2 Å². The lowest BCUT2D eigenvalue weighted by Crippen LogP contribution is -2.55. The van der Waals surface area contributed by atoms with Gasteiger partial charge in [-0.2, -0.15) is 0 Å². The topological polar surface area (TPSA) is 115 Å². The van der Waals surface area contributed by atoms with Crippen LogP contribution in [0, 0.1) is 6.92 Å². The number of rotatable bonds is 9. The van der Waals surface area contributed by atoms with Crippen molar-refractivity contribution in [3.8, 4) is 0 Å². The second-order valence-electron chi connectivity index (χ2n) is 6.90. The lowest BCUT2D eigenvalue weighted by Gasteiger charge is -2.18. The van der Waals surface area contributed by atoms with E-state index in [1.165, 1.54) is 19.2 Å². The molecule has 0 bridgehead atoms. The molecule has 164 valence electrons. The first-order valence-electron chi connectivity index (χ1n) is 9.46. The van der Waals surface area contributed by atoms with Gasteiger partial charge in [-0.25, -0.2) is 28.1 Å². The van der Waals surface area contributed by atoms with E-state index in [1.807, 2.05) is 19.1 Å². The maximum Gasteiger partial charge on any atom is 0.337 e. The number of aromatic nitrogens is 3. The SMILES string of the molecule is C=CCn1c(=O)n(CC=C)c(=O)n(CC(=O)N(C)CC(=O)Nc2ccc(C)cc2)c1=O. The molecule has 31 heavy (non-hydrogen) atoms. The van der Waals surface area contributed by atoms with Crippen LogP contribution >= 0.6 is 0 Å². The summed E-state index contributed by atoms with van der Waals surface area (Å²) in [6.45, 7) is 7.74. The third-order valence-corrected chi connectivity index (χ3v) is 4.44. The molecular weight excluding hydrogens is 402 g/mol. The predicted molar refractivity (Wildman–Crippen MR) is 117 cm³/mol. The van der Waals surface area contributed by atoms with Crippen LogP contribution in [0.5, 0.6) is 0 Å². The van der Waals surface area contributed by atoms with E-state index in [4.69, 9.17) is 0 Å². The van der Waals surface area contributed by atoms with Gasteiger partial charge in [0.25, 0.3) is 0 Å². The third-order valence-electron chi connectivity index (χ3n) is 4.44. The van der Waals surface area contributed by atoms with Crippen LogP contribution in [0.3, 0.4) is 0 Å². The highest BCUT2D eigenvalue weighted by Gasteiger charge is 2.19. The fourth-order valence-electron chi connectivity index (χ4n) is 2.79. The molecule has 1 heterocycles. The molecule has 2 rings (SSSR count). The highest BCUT2D eigenvalue weighted by molar-refractivity contribution is 5.94. The summed E-state index contributed by atoms with van der Waals surface area (Å²) in [5.74, 6) is -1.08. The van der Waals surface area contributed by atoms with Crippen LogP contribution in [-0.2, 0) is 29.2 Å². The van der Waals surface area contributed by atoms with Crippen molar-refractivity contribution in [1.82, 2.24) is 18.6 Å². The Morgan fingerprint density at radius 1 is 0.935 bits per heavy atom. The first-order valence-corrected chi connectivity index (χ1v) is 9.46. The van der Waals surface area contributed by atoms with Gasteiger partial charge in [-0.1, -0.05) is 29.8 Å². The van der Waals surface area contributed by atoms with Crippen LogP contribution in [0.1, 0.15) is 5.56 Å². The summed E-state index contributed by atoms with van der Waals surface area (Å²) >= 11 is 0. The van der Waals surface area contributed by atoms with Gasteiger partial charge in [-0.05, 0) is 19.1 Å². The number of allylic oxidation sites excluding steroid dienone is 2. The van der Waals surface area contributed by atoms with Crippen molar-refractivity contribution in [3.63, 3.8) is 0 Å². The highest BCUT2D eigenvalue weighted by atomic mass is 16.2. The van der Waals surface area contributed by atoms with E-state index in [-0.39, 0.29) is 19.6 Å². The first kappa shape index (κ1) is 23.3. The molecule has 0 aliphatic rings. The molecule has 0 radical (unpaired) electrons. The molecule has 1 N–H and O–H groups in total. The van der Waals surface area contributed by atoms with Crippen LogP contribution in [0.2, 0.25) is 0 Å². The zero-order chi connectivity index (χ0) is 23.1. The van der Waals surface area contributed by atoms with Gasteiger partial charge in [0.15, 0.2) is 0 Å². The van der Waals surface area contributed by atoms with Gasteiger partial charge in [0.05, 0.1) is 19.6 Å². The molecule has 0 atom stereocenters. The molecular formula is C21H25N5O5. The molecule has 0 spiro atoms. The Kier molecular flexibility index (Phi) is 7.67. The number of nitrogens with zero attached hydrogens (tertiary/aromatic N) is 4. The van der Waals surface area contributed by atoms with E-state index in [1.54, 1.807) is 12.1 Å². The number of hydrogen-bond acceptors (Lipinski definition) is 5. The Balaban J connectivity index is 2.22. The van der Waals surface area contributed by atoms with Crippen LogP contribution in [0.25, 0.3) is 0 Å². The van der Waals surface area contributed by atoms with E-state index in [0.717, 1.165) is 19.6 Å². The summed E-state index contributed by atoms with van der Waals surface area (Å²) in [5.41, 5.74) is -1.06. The second-order valence-corrected chi connectivity index (χ2v) is 6.90. The van der Waals surface area contributed by atoms with Crippen molar-refractivity contribution in [3.05, 3.63) is 86.6 Å². The van der Waals surface area contributed by atoms with Crippen molar-refractivity contribution in [2.24, 2.45) is 0 Å². The van der Waals surface area contributed by atoms with Crippen LogP contribution in [0.15, 0.2) is 64.0 Å². The van der Waals surface area contributed by atoms with Gasteiger partial charge < -0.3 is 10.2 Å². The van der Waals surface area contributed by atoms with Crippen LogP contribution < -0.4 is 22.4 Å². The Hall–Kier alpha value is -3.95. The van der Waals surface area contributed by atoms with Gasteiger partial charge in [0, 0.05) is 12.7 Å². The van der Waals surface area contributed by atoms with E-state index in [9.17, 15) is 24.0 Å². The van der Waals surface area contributed by atoms with Crippen molar-refractivity contribution < 1.29 is 9.59 Å². The van der Waals surface area contributed by atoms with Crippen LogP contribution in [0.4, 0.5) is 5.69 Å². The summed E-state index contributed by atoms with van der Waals surface area (Å²) in [5, 5.41) is 2.67. The molecule has 0 saturated carbocycles. The zero-order valence-electron chi connectivity index (χ0n) is 17.5. The van der Waals surface area contributed by atoms with Crippen molar-refractivity contribution in [1.29, 1.82) is 0 Å². The summed E-state index contributed by atoms with van der Waals surface area (Å²) in [6, 6.07) is 7.14. The number of anilines is 1. The fraction of sp³-hybridized carbons (Fsp3) is 0.286. The molecule has 0 saturated heterocycles. The summed E-state index contributed by atoms with van der Waals surface area (Å²) < 4.78 is 2.26. The fourth-order valence-corrected chi connectivity index (χ4v) is 2.79. The Morgan fingerprint density at radius 2 is 1.42 bits per heavy atom. The predicted octanol–water partition coefficient (Wildman–Crippen LogP) is -0.0508. The number of likely N-dealkylation sites (N-methyl/N-ethyl adjacent to an activating group) is 1. The molecule has 0 aliphatic heterocycles. The summed E-state index contributed by atoms with van der Waals surface area (Å²) in [4.78, 5) is 63.5. The number of hydrogen-bond donors (Lipinski definition) is 1. The molecule has 0 unspecified atom stereocenters. The van der Waals surface area contributed by atoms with Gasteiger partial charge in [-0.3, -0.25) is 9.59 Å². The van der Waals surface area contributed by atoms with Crippen molar-refractivity contribution >= 4 is 17.5 Å². The van der Waals surface area contributed by atoms with E-state index < -0.39 is 35.4 Å². The quantitative estimate of drug-likeness (QED) is 0.564. The summed E-state index contributed by atoms with van der Waals surface area (Å²) in [6.07, 6.45) is 2.67. The van der Waals surface area contributed by atoms with E-state index in [2.05, 4.69) is 18.5 Å². The van der Waals surface area contributed by atoms with Crippen LogP contribution in [-0.4, -0.2) is 44.0 Å². The minimum atomic E-state index is -0.930.